The minimum atomic E-state index is -2.31. The van der Waals surface area contributed by atoms with Crippen molar-refractivity contribution in [1.29, 1.82) is 0 Å². The minimum absolute atomic E-state index is 0.0233. The number of hydrogen-bond acceptors (Lipinski definition) is 3. The van der Waals surface area contributed by atoms with Crippen LogP contribution in [0.4, 0.5) is 17.6 Å². The maximum Gasteiger partial charge on any atom is 0.195 e. The Morgan fingerprint density at radius 1 is 1.28 bits per heavy atom. The van der Waals surface area contributed by atoms with Crippen LogP contribution in [-0.2, 0) is 16.9 Å². The SMILES string of the molecule is O=C(CCc1cc(F)c(F)c(F)c1)[C@]1(F)CC[C@H](O)c2ncccc21. The molecule has 0 saturated carbocycles. The summed E-state index contributed by atoms with van der Waals surface area (Å²) in [6.45, 7) is 0. The summed E-state index contributed by atoms with van der Waals surface area (Å²) >= 11 is 0. The Labute approximate surface area is 141 Å². The zero-order valence-corrected chi connectivity index (χ0v) is 13.1. The summed E-state index contributed by atoms with van der Waals surface area (Å²) < 4.78 is 54.8. The number of Topliss-reactive ketones (excluding diaryl/α,β-unsaturated/α-hetero) is 1. The number of benzene rings is 1. The van der Waals surface area contributed by atoms with Gasteiger partial charge in [-0.1, -0.05) is 6.07 Å². The summed E-state index contributed by atoms with van der Waals surface area (Å²) in [5.74, 6) is -5.06. The van der Waals surface area contributed by atoms with E-state index in [1.165, 1.54) is 18.3 Å². The number of halogens is 4. The van der Waals surface area contributed by atoms with E-state index in [1.54, 1.807) is 0 Å². The molecule has 0 aliphatic heterocycles. The highest BCUT2D eigenvalue weighted by Crippen LogP contribution is 2.43. The molecule has 1 aliphatic carbocycles. The van der Waals surface area contributed by atoms with Gasteiger partial charge >= 0.3 is 0 Å². The zero-order chi connectivity index (χ0) is 18.2. The summed E-state index contributed by atoms with van der Waals surface area (Å²) in [4.78, 5) is 16.4. The zero-order valence-electron chi connectivity index (χ0n) is 13.1. The largest absolute Gasteiger partial charge is 0.387 e. The molecule has 0 saturated heterocycles. The van der Waals surface area contributed by atoms with Crippen molar-refractivity contribution in [3.63, 3.8) is 0 Å². The molecule has 1 aliphatic rings. The topological polar surface area (TPSA) is 50.2 Å². The number of rotatable bonds is 4. The smallest absolute Gasteiger partial charge is 0.195 e. The first kappa shape index (κ1) is 17.5. The maximum absolute atomic E-state index is 15.3. The van der Waals surface area contributed by atoms with Crippen LogP contribution in [0.15, 0.2) is 30.5 Å². The van der Waals surface area contributed by atoms with Gasteiger partial charge in [0.15, 0.2) is 28.9 Å². The number of carbonyl (C=O) groups is 1. The van der Waals surface area contributed by atoms with Gasteiger partial charge in [0.25, 0.3) is 0 Å². The van der Waals surface area contributed by atoms with Gasteiger partial charge in [-0.25, -0.2) is 17.6 Å². The molecule has 2 aromatic rings. The normalized spacial score (nSPS) is 22.5. The monoisotopic (exact) mass is 353 g/mol. The van der Waals surface area contributed by atoms with E-state index in [0.717, 1.165) is 12.1 Å². The van der Waals surface area contributed by atoms with Crippen LogP contribution in [0, 0.1) is 17.5 Å². The number of aromatic nitrogens is 1. The molecule has 0 bridgehead atoms. The number of pyridine rings is 1. The Kier molecular flexibility index (Phi) is 4.60. The quantitative estimate of drug-likeness (QED) is 0.674. The van der Waals surface area contributed by atoms with Crippen LogP contribution < -0.4 is 0 Å². The van der Waals surface area contributed by atoms with Crippen LogP contribution in [0.25, 0.3) is 0 Å². The number of hydrogen-bond donors (Lipinski definition) is 1. The summed E-state index contributed by atoms with van der Waals surface area (Å²) in [7, 11) is 0. The Hall–Kier alpha value is -2.28. The molecule has 1 N–H and O–H groups in total. The van der Waals surface area contributed by atoms with Crippen LogP contribution in [0.5, 0.6) is 0 Å². The number of carbonyl (C=O) groups excluding carboxylic acids is 1. The van der Waals surface area contributed by atoms with E-state index >= 15 is 4.39 Å². The molecule has 0 amide bonds. The molecule has 3 rings (SSSR count). The van der Waals surface area contributed by atoms with Crippen molar-refractivity contribution in [1.82, 2.24) is 4.98 Å². The predicted octanol–water partition coefficient (Wildman–Crippen LogP) is 3.69. The van der Waals surface area contributed by atoms with Crippen molar-refractivity contribution in [2.45, 2.75) is 37.5 Å². The minimum Gasteiger partial charge on any atom is -0.387 e. The second-order valence-corrected chi connectivity index (χ2v) is 6.09. The lowest BCUT2D eigenvalue weighted by Gasteiger charge is -2.32. The first-order chi connectivity index (χ1) is 11.8. The molecule has 1 heterocycles. The van der Waals surface area contributed by atoms with Crippen molar-refractivity contribution in [3.05, 3.63) is 64.7 Å². The molecule has 0 radical (unpaired) electrons. The first-order valence-corrected chi connectivity index (χ1v) is 7.82. The lowest BCUT2D eigenvalue weighted by molar-refractivity contribution is -0.133. The van der Waals surface area contributed by atoms with Gasteiger partial charge in [-0.3, -0.25) is 9.78 Å². The third-order valence-corrected chi connectivity index (χ3v) is 4.47. The predicted molar refractivity (Wildman–Crippen MR) is 80.9 cm³/mol. The molecule has 0 spiro atoms. The number of aryl methyl sites for hydroxylation is 1. The van der Waals surface area contributed by atoms with Gasteiger partial charge in [-0.15, -0.1) is 0 Å². The van der Waals surface area contributed by atoms with E-state index in [4.69, 9.17) is 0 Å². The highest BCUT2D eigenvalue weighted by molar-refractivity contribution is 5.89. The number of aliphatic hydroxyl groups is 1. The molecular weight excluding hydrogens is 338 g/mol. The van der Waals surface area contributed by atoms with Crippen LogP contribution >= 0.6 is 0 Å². The Morgan fingerprint density at radius 2 is 1.96 bits per heavy atom. The Morgan fingerprint density at radius 3 is 2.64 bits per heavy atom. The molecule has 132 valence electrons. The van der Waals surface area contributed by atoms with Crippen molar-refractivity contribution in [3.8, 4) is 0 Å². The summed E-state index contributed by atoms with van der Waals surface area (Å²) in [5, 5.41) is 9.91. The average Bonchev–Trinajstić information content (AvgIpc) is 2.61. The molecule has 0 unspecified atom stereocenters. The molecule has 1 aromatic heterocycles. The lowest BCUT2D eigenvalue weighted by Crippen LogP contribution is -2.36. The summed E-state index contributed by atoms with van der Waals surface area (Å²) in [5.41, 5.74) is -2.09. The second kappa shape index (κ2) is 6.55. The van der Waals surface area contributed by atoms with Crippen LogP contribution in [0.3, 0.4) is 0 Å². The fourth-order valence-electron chi connectivity index (χ4n) is 3.12. The number of alkyl halides is 1. The molecule has 0 fully saturated rings. The van der Waals surface area contributed by atoms with E-state index in [9.17, 15) is 23.1 Å². The third-order valence-electron chi connectivity index (χ3n) is 4.47. The number of nitrogens with zero attached hydrogens (tertiary/aromatic N) is 1. The summed E-state index contributed by atoms with van der Waals surface area (Å²) in [6, 6.07) is 4.45. The molecule has 3 nitrogen and oxygen atoms in total. The highest BCUT2D eigenvalue weighted by Gasteiger charge is 2.45. The van der Waals surface area contributed by atoms with Gasteiger partial charge < -0.3 is 5.11 Å². The number of ketones is 1. The van der Waals surface area contributed by atoms with E-state index < -0.39 is 35.0 Å². The Balaban J connectivity index is 1.81. The second-order valence-electron chi connectivity index (χ2n) is 6.09. The van der Waals surface area contributed by atoms with Gasteiger partial charge in [0, 0.05) is 18.2 Å². The summed E-state index contributed by atoms with van der Waals surface area (Å²) in [6.07, 6.45) is -0.123. The van der Waals surface area contributed by atoms with Crippen LogP contribution in [0.2, 0.25) is 0 Å². The molecular formula is C18H15F4NO2. The molecule has 2 atom stereocenters. The molecule has 25 heavy (non-hydrogen) atoms. The van der Waals surface area contributed by atoms with Gasteiger partial charge in [0.2, 0.25) is 0 Å². The first-order valence-electron chi connectivity index (χ1n) is 7.82. The highest BCUT2D eigenvalue weighted by atomic mass is 19.2. The van der Waals surface area contributed by atoms with E-state index in [0.29, 0.717) is 0 Å². The standard InChI is InChI=1S/C18H15F4NO2/c19-12-8-10(9-13(20)16(12)21)3-4-15(25)18(22)6-5-14(24)17-11(18)2-1-7-23-17/h1-2,7-9,14,24H,3-6H2/t14-,18-/m0/s1. The van der Waals surface area contributed by atoms with Crippen molar-refractivity contribution < 1.29 is 27.5 Å². The van der Waals surface area contributed by atoms with Crippen molar-refractivity contribution in [2.24, 2.45) is 0 Å². The average molecular weight is 353 g/mol. The van der Waals surface area contributed by atoms with Gasteiger partial charge in [-0.05, 0) is 43.0 Å². The van der Waals surface area contributed by atoms with Crippen LogP contribution in [-0.4, -0.2) is 15.9 Å². The lowest BCUT2D eigenvalue weighted by atomic mass is 9.77. The number of aliphatic hydroxyl groups excluding tert-OH is 1. The van der Waals surface area contributed by atoms with E-state index in [2.05, 4.69) is 4.98 Å². The van der Waals surface area contributed by atoms with E-state index in [1.807, 2.05) is 0 Å². The third kappa shape index (κ3) is 3.16. The van der Waals surface area contributed by atoms with Gasteiger partial charge in [0.1, 0.15) is 0 Å². The Bertz CT molecular complexity index is 803. The fraction of sp³-hybridized carbons (Fsp3) is 0.333. The molecule has 1 aromatic carbocycles. The van der Waals surface area contributed by atoms with Crippen LogP contribution in [0.1, 0.15) is 42.2 Å². The van der Waals surface area contributed by atoms with Gasteiger partial charge in [-0.2, -0.15) is 0 Å². The fourth-order valence-corrected chi connectivity index (χ4v) is 3.12. The van der Waals surface area contributed by atoms with Crippen molar-refractivity contribution >= 4 is 5.78 Å². The molecule has 7 heteroatoms. The van der Waals surface area contributed by atoms with Gasteiger partial charge in [0.05, 0.1) is 11.8 Å². The van der Waals surface area contributed by atoms with E-state index in [-0.39, 0.29) is 42.5 Å². The number of fused-ring (bicyclic) bond motifs is 1. The maximum atomic E-state index is 15.3. The van der Waals surface area contributed by atoms with Crippen molar-refractivity contribution in [2.75, 3.05) is 0 Å².